The number of rotatable bonds is 16. The lowest BCUT2D eigenvalue weighted by Crippen LogP contribution is -2.14. The third-order valence-corrected chi connectivity index (χ3v) is 5.68. The SMILES string of the molecule is CCCCCCCCCCCCCCCCNc1nc(C(F)(F)F)nc2ccccc12. The number of anilines is 1. The van der Waals surface area contributed by atoms with Crippen molar-refractivity contribution in [2.75, 3.05) is 11.9 Å². The zero-order valence-electron chi connectivity index (χ0n) is 18.9. The molecule has 0 aliphatic heterocycles. The van der Waals surface area contributed by atoms with Crippen molar-refractivity contribution < 1.29 is 13.2 Å². The molecule has 0 aliphatic rings. The van der Waals surface area contributed by atoms with Crippen molar-refractivity contribution in [3.8, 4) is 0 Å². The molecule has 2 aromatic rings. The van der Waals surface area contributed by atoms with Crippen LogP contribution in [0.1, 0.15) is 103 Å². The van der Waals surface area contributed by atoms with Gasteiger partial charge in [-0.25, -0.2) is 9.97 Å². The molecule has 1 aromatic heterocycles. The molecule has 0 saturated carbocycles. The van der Waals surface area contributed by atoms with Crippen LogP contribution in [0.5, 0.6) is 0 Å². The number of nitrogens with zero attached hydrogens (tertiary/aromatic N) is 2. The molecular formula is C25H38F3N3. The molecule has 0 radical (unpaired) electrons. The molecule has 0 amide bonds. The van der Waals surface area contributed by atoms with Gasteiger partial charge in [-0.05, 0) is 18.6 Å². The third kappa shape index (κ3) is 9.88. The van der Waals surface area contributed by atoms with Crippen molar-refractivity contribution in [1.29, 1.82) is 0 Å². The smallest absolute Gasteiger partial charge is 0.369 e. The highest BCUT2D eigenvalue weighted by Crippen LogP contribution is 2.30. The Morgan fingerprint density at radius 2 is 1.23 bits per heavy atom. The number of aromatic nitrogens is 2. The Hall–Kier alpha value is -1.85. The summed E-state index contributed by atoms with van der Waals surface area (Å²) in [4.78, 5) is 7.38. The van der Waals surface area contributed by atoms with Gasteiger partial charge in [-0.15, -0.1) is 0 Å². The number of unbranched alkanes of at least 4 members (excludes halogenated alkanes) is 13. The predicted molar refractivity (Wildman–Crippen MR) is 123 cm³/mol. The van der Waals surface area contributed by atoms with Gasteiger partial charge in [-0.2, -0.15) is 13.2 Å². The van der Waals surface area contributed by atoms with E-state index in [1.54, 1.807) is 24.3 Å². The Morgan fingerprint density at radius 1 is 0.710 bits per heavy atom. The van der Waals surface area contributed by atoms with Crippen molar-refractivity contribution in [3.63, 3.8) is 0 Å². The van der Waals surface area contributed by atoms with Crippen LogP contribution in [0.2, 0.25) is 0 Å². The molecule has 0 spiro atoms. The molecule has 31 heavy (non-hydrogen) atoms. The maximum atomic E-state index is 13.1. The highest BCUT2D eigenvalue weighted by molar-refractivity contribution is 5.89. The first-order valence-electron chi connectivity index (χ1n) is 12.1. The van der Waals surface area contributed by atoms with Crippen LogP contribution >= 0.6 is 0 Å². The topological polar surface area (TPSA) is 37.8 Å². The van der Waals surface area contributed by atoms with Crippen LogP contribution in [0, 0.1) is 0 Å². The van der Waals surface area contributed by atoms with E-state index in [0.29, 0.717) is 17.4 Å². The highest BCUT2D eigenvalue weighted by atomic mass is 19.4. The van der Waals surface area contributed by atoms with Gasteiger partial charge in [-0.3, -0.25) is 0 Å². The Morgan fingerprint density at radius 3 is 1.77 bits per heavy atom. The van der Waals surface area contributed by atoms with E-state index in [2.05, 4.69) is 22.2 Å². The Bertz CT molecular complexity index is 746. The number of para-hydroxylation sites is 1. The van der Waals surface area contributed by atoms with Crippen LogP contribution in [0.25, 0.3) is 10.9 Å². The summed E-state index contributed by atoms with van der Waals surface area (Å²) in [5.74, 6) is -0.817. The van der Waals surface area contributed by atoms with E-state index < -0.39 is 12.0 Å². The van der Waals surface area contributed by atoms with Gasteiger partial charge in [0, 0.05) is 11.9 Å². The van der Waals surface area contributed by atoms with Crippen LogP contribution in [0.4, 0.5) is 19.0 Å². The van der Waals surface area contributed by atoms with Gasteiger partial charge >= 0.3 is 6.18 Å². The molecule has 1 heterocycles. The van der Waals surface area contributed by atoms with E-state index in [9.17, 15) is 13.2 Å². The molecule has 3 nitrogen and oxygen atoms in total. The molecule has 0 unspecified atom stereocenters. The fourth-order valence-electron chi connectivity index (χ4n) is 3.86. The zero-order valence-corrected chi connectivity index (χ0v) is 18.9. The fourth-order valence-corrected chi connectivity index (χ4v) is 3.86. The molecule has 0 fully saturated rings. The Labute approximate surface area is 185 Å². The van der Waals surface area contributed by atoms with Crippen molar-refractivity contribution in [1.82, 2.24) is 9.97 Å². The van der Waals surface area contributed by atoms with E-state index in [4.69, 9.17) is 0 Å². The van der Waals surface area contributed by atoms with Crippen LogP contribution < -0.4 is 5.32 Å². The summed E-state index contributed by atoms with van der Waals surface area (Å²) < 4.78 is 39.2. The van der Waals surface area contributed by atoms with Gasteiger partial charge in [0.1, 0.15) is 5.82 Å². The van der Waals surface area contributed by atoms with E-state index >= 15 is 0 Å². The monoisotopic (exact) mass is 437 g/mol. The number of halogens is 3. The normalized spacial score (nSPS) is 11.9. The second-order valence-electron chi connectivity index (χ2n) is 8.43. The molecule has 0 saturated heterocycles. The van der Waals surface area contributed by atoms with Gasteiger partial charge in [0.05, 0.1) is 5.52 Å². The Balaban J connectivity index is 1.57. The standard InChI is InChI=1S/C25H38F3N3/c1-2-3-4-5-6-7-8-9-10-11-12-13-14-17-20-29-23-21-18-15-16-19-22(21)30-24(31-23)25(26,27)28/h15-16,18-19H,2-14,17,20H2,1H3,(H,29,30,31). The molecular weight excluding hydrogens is 399 g/mol. The Kier molecular flexibility index (Phi) is 11.7. The molecule has 1 aromatic carbocycles. The number of fused-ring (bicyclic) bond motifs is 1. The molecule has 0 aliphatic carbocycles. The van der Waals surface area contributed by atoms with Crippen LogP contribution in [0.15, 0.2) is 24.3 Å². The summed E-state index contributed by atoms with van der Waals surface area (Å²) in [6, 6.07) is 6.82. The maximum absolute atomic E-state index is 13.1. The lowest BCUT2D eigenvalue weighted by Gasteiger charge is -2.12. The summed E-state index contributed by atoms with van der Waals surface area (Å²) in [6.07, 6.45) is 13.4. The van der Waals surface area contributed by atoms with E-state index in [1.807, 2.05) is 0 Å². The predicted octanol–water partition coefficient (Wildman–Crippen LogP) is 8.54. The number of hydrogen-bond donors (Lipinski definition) is 1. The largest absolute Gasteiger partial charge is 0.451 e. The average molecular weight is 438 g/mol. The first-order chi connectivity index (χ1) is 15.0. The first-order valence-corrected chi connectivity index (χ1v) is 12.1. The van der Waals surface area contributed by atoms with E-state index in [0.717, 1.165) is 12.8 Å². The third-order valence-electron chi connectivity index (χ3n) is 5.68. The summed E-state index contributed by atoms with van der Waals surface area (Å²) >= 11 is 0. The van der Waals surface area contributed by atoms with Gasteiger partial charge < -0.3 is 5.32 Å². The van der Waals surface area contributed by atoms with Gasteiger partial charge in [-0.1, -0.05) is 103 Å². The second kappa shape index (κ2) is 14.3. The summed E-state index contributed by atoms with van der Waals surface area (Å²) in [5, 5.41) is 3.72. The minimum absolute atomic E-state index is 0.271. The average Bonchev–Trinajstić information content (AvgIpc) is 2.75. The van der Waals surface area contributed by atoms with Crippen LogP contribution in [-0.4, -0.2) is 16.5 Å². The van der Waals surface area contributed by atoms with Gasteiger partial charge in [0.2, 0.25) is 5.82 Å². The molecule has 6 heteroatoms. The molecule has 0 bridgehead atoms. The summed E-state index contributed by atoms with van der Waals surface area (Å²) in [7, 11) is 0. The maximum Gasteiger partial charge on any atom is 0.451 e. The van der Waals surface area contributed by atoms with Gasteiger partial charge in [0.25, 0.3) is 0 Å². The minimum atomic E-state index is -4.55. The summed E-state index contributed by atoms with van der Waals surface area (Å²) in [5.41, 5.74) is 0.313. The fraction of sp³-hybridized carbons (Fsp3) is 0.680. The van der Waals surface area contributed by atoms with Crippen LogP contribution in [-0.2, 0) is 6.18 Å². The summed E-state index contributed by atoms with van der Waals surface area (Å²) in [6.45, 7) is 2.87. The molecule has 174 valence electrons. The lowest BCUT2D eigenvalue weighted by molar-refractivity contribution is -0.144. The second-order valence-corrected chi connectivity index (χ2v) is 8.43. The van der Waals surface area contributed by atoms with Crippen molar-refractivity contribution in [2.45, 2.75) is 103 Å². The van der Waals surface area contributed by atoms with E-state index in [1.165, 1.54) is 77.0 Å². The number of benzene rings is 1. The highest BCUT2D eigenvalue weighted by Gasteiger charge is 2.35. The molecule has 2 rings (SSSR count). The van der Waals surface area contributed by atoms with Crippen molar-refractivity contribution in [2.24, 2.45) is 0 Å². The number of hydrogen-bond acceptors (Lipinski definition) is 3. The minimum Gasteiger partial charge on any atom is -0.369 e. The van der Waals surface area contributed by atoms with Crippen molar-refractivity contribution in [3.05, 3.63) is 30.1 Å². The zero-order chi connectivity index (χ0) is 22.4. The quantitative estimate of drug-likeness (QED) is 0.267. The number of nitrogens with one attached hydrogen (secondary N) is 1. The molecule has 1 N–H and O–H groups in total. The van der Waals surface area contributed by atoms with Crippen molar-refractivity contribution >= 4 is 16.7 Å². The van der Waals surface area contributed by atoms with Crippen LogP contribution in [0.3, 0.4) is 0 Å². The lowest BCUT2D eigenvalue weighted by atomic mass is 10.0. The first kappa shape index (κ1) is 25.4. The number of alkyl halides is 3. The van der Waals surface area contributed by atoms with Gasteiger partial charge in [0.15, 0.2) is 0 Å². The van der Waals surface area contributed by atoms with E-state index in [-0.39, 0.29) is 5.82 Å². The molecule has 0 atom stereocenters.